The van der Waals surface area contributed by atoms with E-state index in [9.17, 15) is 0 Å². The molecule has 4 nitrogen and oxygen atoms in total. The van der Waals surface area contributed by atoms with Crippen LogP contribution in [0, 0.1) is 0 Å². The minimum absolute atomic E-state index is 0.270. The third-order valence-electron chi connectivity index (χ3n) is 3.33. The second kappa shape index (κ2) is 7.19. The number of aliphatic hydroxyl groups is 1. The molecule has 1 aliphatic rings. The lowest BCUT2D eigenvalue weighted by molar-refractivity contribution is 0.108. The van der Waals surface area contributed by atoms with Crippen molar-refractivity contribution in [2.75, 3.05) is 39.3 Å². The Morgan fingerprint density at radius 1 is 1.28 bits per heavy atom. The standard InChI is InChI=1S/C13H23N3OS/c1-2-3-13-14-12(11-18-13)10-16-6-4-15(5-7-16)8-9-17/h11,17H,2-10H2,1H3. The number of hydrogen-bond acceptors (Lipinski definition) is 5. The third-order valence-corrected chi connectivity index (χ3v) is 4.29. The fourth-order valence-corrected chi connectivity index (χ4v) is 3.18. The first-order valence-corrected chi connectivity index (χ1v) is 7.68. The second-order valence-corrected chi connectivity index (χ2v) is 5.77. The topological polar surface area (TPSA) is 39.6 Å². The van der Waals surface area contributed by atoms with Crippen LogP contribution in [0.15, 0.2) is 5.38 Å². The maximum Gasteiger partial charge on any atom is 0.0928 e. The summed E-state index contributed by atoms with van der Waals surface area (Å²) in [5.74, 6) is 0. The minimum Gasteiger partial charge on any atom is -0.395 e. The number of aryl methyl sites for hydroxylation is 1. The van der Waals surface area contributed by atoms with Crippen LogP contribution in [0.3, 0.4) is 0 Å². The molecule has 0 spiro atoms. The van der Waals surface area contributed by atoms with E-state index in [0.29, 0.717) is 0 Å². The lowest BCUT2D eigenvalue weighted by atomic mass is 10.3. The summed E-state index contributed by atoms with van der Waals surface area (Å²) in [6.07, 6.45) is 2.28. The molecular formula is C13H23N3OS. The molecule has 102 valence electrons. The zero-order chi connectivity index (χ0) is 12.8. The molecule has 2 rings (SSSR count). The van der Waals surface area contributed by atoms with Crippen LogP contribution in [0.2, 0.25) is 0 Å². The number of aromatic nitrogens is 1. The van der Waals surface area contributed by atoms with Gasteiger partial charge in [0, 0.05) is 44.6 Å². The molecule has 0 unspecified atom stereocenters. The first-order chi connectivity index (χ1) is 8.81. The SMILES string of the molecule is CCCc1nc(CN2CCN(CCO)CC2)cs1. The largest absolute Gasteiger partial charge is 0.395 e. The van der Waals surface area contributed by atoms with Crippen molar-refractivity contribution in [3.8, 4) is 0 Å². The van der Waals surface area contributed by atoms with Gasteiger partial charge in [-0.25, -0.2) is 4.98 Å². The molecule has 0 saturated carbocycles. The summed E-state index contributed by atoms with van der Waals surface area (Å²) >= 11 is 1.79. The summed E-state index contributed by atoms with van der Waals surface area (Å²) in [6, 6.07) is 0. The van der Waals surface area contributed by atoms with Gasteiger partial charge >= 0.3 is 0 Å². The van der Waals surface area contributed by atoms with Crippen molar-refractivity contribution in [1.82, 2.24) is 14.8 Å². The molecule has 0 radical (unpaired) electrons. The van der Waals surface area contributed by atoms with Crippen LogP contribution < -0.4 is 0 Å². The van der Waals surface area contributed by atoms with Gasteiger partial charge in [0.15, 0.2) is 0 Å². The van der Waals surface area contributed by atoms with Gasteiger partial charge in [-0.2, -0.15) is 0 Å². The molecule has 2 heterocycles. The lowest BCUT2D eigenvalue weighted by Gasteiger charge is -2.33. The summed E-state index contributed by atoms with van der Waals surface area (Å²) in [4.78, 5) is 9.45. The van der Waals surface area contributed by atoms with E-state index in [1.165, 1.54) is 17.1 Å². The van der Waals surface area contributed by atoms with Crippen LogP contribution in [0.4, 0.5) is 0 Å². The van der Waals surface area contributed by atoms with Crippen molar-refractivity contribution in [2.24, 2.45) is 0 Å². The van der Waals surface area contributed by atoms with Crippen LogP contribution in [0.5, 0.6) is 0 Å². The van der Waals surface area contributed by atoms with Gasteiger partial charge in [-0.1, -0.05) is 6.92 Å². The number of piperazine rings is 1. The highest BCUT2D eigenvalue weighted by atomic mass is 32.1. The zero-order valence-corrected chi connectivity index (χ0v) is 12.0. The molecule has 0 amide bonds. The van der Waals surface area contributed by atoms with Crippen LogP contribution in [-0.2, 0) is 13.0 Å². The highest BCUT2D eigenvalue weighted by molar-refractivity contribution is 7.09. The molecular weight excluding hydrogens is 246 g/mol. The molecule has 0 aromatic carbocycles. The number of thiazole rings is 1. The van der Waals surface area contributed by atoms with Gasteiger partial charge in [0.25, 0.3) is 0 Å². The van der Waals surface area contributed by atoms with Crippen molar-refractivity contribution in [2.45, 2.75) is 26.3 Å². The summed E-state index contributed by atoms with van der Waals surface area (Å²) < 4.78 is 0. The average Bonchev–Trinajstić information content (AvgIpc) is 2.80. The van der Waals surface area contributed by atoms with E-state index in [1.54, 1.807) is 11.3 Å². The molecule has 1 saturated heterocycles. The van der Waals surface area contributed by atoms with Crippen molar-refractivity contribution in [3.63, 3.8) is 0 Å². The smallest absolute Gasteiger partial charge is 0.0928 e. The highest BCUT2D eigenvalue weighted by Gasteiger charge is 2.17. The molecule has 1 aromatic rings. The predicted molar refractivity (Wildman–Crippen MR) is 74.9 cm³/mol. The Morgan fingerprint density at radius 2 is 2.00 bits per heavy atom. The van der Waals surface area contributed by atoms with Gasteiger partial charge in [-0.3, -0.25) is 9.80 Å². The Kier molecular flexibility index (Phi) is 5.56. The van der Waals surface area contributed by atoms with E-state index in [2.05, 4.69) is 27.1 Å². The van der Waals surface area contributed by atoms with Gasteiger partial charge < -0.3 is 5.11 Å². The first kappa shape index (κ1) is 13.9. The Morgan fingerprint density at radius 3 is 2.67 bits per heavy atom. The summed E-state index contributed by atoms with van der Waals surface area (Å²) in [7, 11) is 0. The maximum atomic E-state index is 8.91. The lowest BCUT2D eigenvalue weighted by Crippen LogP contribution is -2.46. The number of β-amino-alcohol motifs (C(OH)–C–C–N with tert-alkyl or cyclic N) is 1. The quantitative estimate of drug-likeness (QED) is 0.842. The number of hydrogen-bond donors (Lipinski definition) is 1. The molecule has 1 fully saturated rings. The third kappa shape index (κ3) is 4.02. The second-order valence-electron chi connectivity index (χ2n) is 4.82. The van der Waals surface area contributed by atoms with E-state index in [0.717, 1.165) is 45.7 Å². The fraction of sp³-hybridized carbons (Fsp3) is 0.769. The van der Waals surface area contributed by atoms with Gasteiger partial charge in [-0.05, 0) is 12.8 Å². The van der Waals surface area contributed by atoms with Crippen LogP contribution in [0.25, 0.3) is 0 Å². The number of nitrogens with zero attached hydrogens (tertiary/aromatic N) is 3. The summed E-state index contributed by atoms with van der Waals surface area (Å²) in [5.41, 5.74) is 1.22. The summed E-state index contributed by atoms with van der Waals surface area (Å²) in [5, 5.41) is 12.4. The van der Waals surface area contributed by atoms with Crippen LogP contribution in [0.1, 0.15) is 24.0 Å². The fourth-order valence-electron chi connectivity index (χ4n) is 2.29. The highest BCUT2D eigenvalue weighted by Crippen LogP contribution is 2.14. The Labute approximate surface area is 113 Å². The van der Waals surface area contributed by atoms with Gasteiger partial charge in [0.2, 0.25) is 0 Å². The molecule has 1 N–H and O–H groups in total. The zero-order valence-electron chi connectivity index (χ0n) is 11.1. The molecule has 1 aliphatic heterocycles. The monoisotopic (exact) mass is 269 g/mol. The first-order valence-electron chi connectivity index (χ1n) is 6.80. The van der Waals surface area contributed by atoms with Gasteiger partial charge in [-0.15, -0.1) is 11.3 Å². The van der Waals surface area contributed by atoms with E-state index in [1.807, 2.05) is 0 Å². The van der Waals surface area contributed by atoms with Crippen molar-refractivity contribution >= 4 is 11.3 Å². The normalized spacial score (nSPS) is 18.3. The average molecular weight is 269 g/mol. The minimum atomic E-state index is 0.270. The van der Waals surface area contributed by atoms with Crippen molar-refractivity contribution in [3.05, 3.63) is 16.1 Å². The van der Waals surface area contributed by atoms with E-state index < -0.39 is 0 Å². The molecule has 0 atom stereocenters. The maximum absolute atomic E-state index is 8.91. The Bertz CT molecular complexity index is 348. The van der Waals surface area contributed by atoms with Crippen LogP contribution >= 0.6 is 11.3 Å². The Balaban J connectivity index is 1.76. The molecule has 1 aromatic heterocycles. The predicted octanol–water partition coefficient (Wildman–Crippen LogP) is 1.21. The van der Waals surface area contributed by atoms with Crippen LogP contribution in [-0.4, -0.2) is 59.2 Å². The van der Waals surface area contributed by atoms with Crippen molar-refractivity contribution in [1.29, 1.82) is 0 Å². The summed E-state index contributed by atoms with van der Waals surface area (Å²) in [6.45, 7) is 8.55. The molecule has 5 heteroatoms. The van der Waals surface area contributed by atoms with Gasteiger partial charge in [0.05, 0.1) is 17.3 Å². The molecule has 0 aliphatic carbocycles. The van der Waals surface area contributed by atoms with E-state index in [4.69, 9.17) is 5.11 Å². The number of aliphatic hydroxyl groups excluding tert-OH is 1. The Hall–Kier alpha value is -0.490. The molecule has 0 bridgehead atoms. The molecule has 18 heavy (non-hydrogen) atoms. The van der Waals surface area contributed by atoms with Gasteiger partial charge in [0.1, 0.15) is 0 Å². The van der Waals surface area contributed by atoms with E-state index >= 15 is 0 Å². The number of rotatable bonds is 6. The van der Waals surface area contributed by atoms with E-state index in [-0.39, 0.29) is 6.61 Å². The van der Waals surface area contributed by atoms with Crippen molar-refractivity contribution < 1.29 is 5.11 Å².